The molecule has 0 atom stereocenters. The number of piperidine rings is 1. The second-order valence-corrected chi connectivity index (χ2v) is 8.06. The Kier molecular flexibility index (Phi) is 3.71. The molecule has 0 aliphatic carbocycles. The average Bonchev–Trinajstić information content (AvgIpc) is 2.41. The van der Waals surface area contributed by atoms with Crippen molar-refractivity contribution >= 4 is 15.7 Å². The van der Waals surface area contributed by atoms with Crippen molar-refractivity contribution in [3.63, 3.8) is 0 Å². The van der Waals surface area contributed by atoms with Gasteiger partial charge in [-0.15, -0.1) is 0 Å². The zero-order valence-electron chi connectivity index (χ0n) is 12.6. The first-order valence-corrected chi connectivity index (χ1v) is 9.17. The molecule has 21 heavy (non-hydrogen) atoms. The number of anilines is 1. The molecule has 5 nitrogen and oxygen atoms in total. The van der Waals surface area contributed by atoms with E-state index in [1.807, 2.05) is 18.2 Å². The van der Waals surface area contributed by atoms with Crippen LogP contribution in [0, 0.1) is 0 Å². The zero-order chi connectivity index (χ0) is 15.1. The van der Waals surface area contributed by atoms with Crippen LogP contribution in [0.5, 0.6) is 0 Å². The normalized spacial score (nSPS) is 22.0. The number of likely N-dealkylation sites (tertiary alicyclic amines) is 1. The molecule has 1 saturated heterocycles. The van der Waals surface area contributed by atoms with Crippen LogP contribution in [0.1, 0.15) is 24.0 Å². The first-order valence-electron chi connectivity index (χ1n) is 7.27. The van der Waals surface area contributed by atoms with E-state index in [1.165, 1.54) is 5.56 Å². The van der Waals surface area contributed by atoms with Crippen LogP contribution in [-0.2, 0) is 27.8 Å². The SMILES string of the molecule is CN1CCC2(CC1)Cc1ccc(NS(C)(=O)=O)cc1CO2. The highest BCUT2D eigenvalue weighted by molar-refractivity contribution is 7.92. The van der Waals surface area contributed by atoms with Crippen LogP contribution in [0.2, 0.25) is 0 Å². The zero-order valence-corrected chi connectivity index (χ0v) is 13.4. The molecule has 0 saturated carbocycles. The molecule has 2 heterocycles. The molecule has 2 aliphatic heterocycles. The lowest BCUT2D eigenvalue weighted by Gasteiger charge is -2.43. The third-order valence-corrected chi connectivity index (χ3v) is 5.06. The van der Waals surface area contributed by atoms with Gasteiger partial charge in [0.25, 0.3) is 0 Å². The van der Waals surface area contributed by atoms with E-state index in [-0.39, 0.29) is 5.60 Å². The Morgan fingerprint density at radius 1 is 1.24 bits per heavy atom. The van der Waals surface area contributed by atoms with Gasteiger partial charge in [0.15, 0.2) is 0 Å². The molecule has 0 amide bonds. The van der Waals surface area contributed by atoms with Gasteiger partial charge in [0.05, 0.1) is 18.5 Å². The van der Waals surface area contributed by atoms with Gasteiger partial charge in [0.2, 0.25) is 10.0 Å². The van der Waals surface area contributed by atoms with Gasteiger partial charge in [-0.2, -0.15) is 0 Å². The molecule has 0 radical (unpaired) electrons. The molecule has 1 aromatic carbocycles. The summed E-state index contributed by atoms with van der Waals surface area (Å²) in [5.74, 6) is 0. The molecular formula is C15H22N2O3S. The number of benzene rings is 1. The van der Waals surface area contributed by atoms with E-state index >= 15 is 0 Å². The van der Waals surface area contributed by atoms with Crippen LogP contribution in [0.15, 0.2) is 18.2 Å². The van der Waals surface area contributed by atoms with E-state index in [9.17, 15) is 8.42 Å². The van der Waals surface area contributed by atoms with Crippen molar-refractivity contribution < 1.29 is 13.2 Å². The first-order chi connectivity index (χ1) is 9.85. The van der Waals surface area contributed by atoms with E-state index in [4.69, 9.17) is 4.74 Å². The van der Waals surface area contributed by atoms with Crippen LogP contribution < -0.4 is 4.72 Å². The van der Waals surface area contributed by atoms with Crippen molar-refractivity contribution in [1.29, 1.82) is 0 Å². The molecule has 0 aromatic heterocycles. The van der Waals surface area contributed by atoms with E-state index in [0.717, 1.165) is 44.2 Å². The fourth-order valence-electron chi connectivity index (χ4n) is 3.19. The maximum absolute atomic E-state index is 11.3. The number of rotatable bonds is 2. The van der Waals surface area contributed by atoms with Crippen molar-refractivity contribution in [2.75, 3.05) is 31.1 Å². The van der Waals surface area contributed by atoms with Gasteiger partial charge in [0, 0.05) is 25.2 Å². The van der Waals surface area contributed by atoms with E-state index in [0.29, 0.717) is 12.3 Å². The van der Waals surface area contributed by atoms with Gasteiger partial charge >= 0.3 is 0 Å². The summed E-state index contributed by atoms with van der Waals surface area (Å²) in [6, 6.07) is 5.76. The molecule has 1 fully saturated rings. The highest BCUT2D eigenvalue weighted by Crippen LogP contribution is 2.36. The number of ether oxygens (including phenoxy) is 1. The molecular weight excluding hydrogens is 288 g/mol. The summed E-state index contributed by atoms with van der Waals surface area (Å²) in [4.78, 5) is 2.34. The fraction of sp³-hybridized carbons (Fsp3) is 0.600. The fourth-order valence-corrected chi connectivity index (χ4v) is 3.74. The minimum atomic E-state index is -3.23. The van der Waals surface area contributed by atoms with E-state index < -0.39 is 10.0 Å². The lowest BCUT2D eigenvalue weighted by atomic mass is 9.82. The van der Waals surface area contributed by atoms with Crippen molar-refractivity contribution in [1.82, 2.24) is 4.90 Å². The molecule has 6 heteroatoms. The lowest BCUT2D eigenvalue weighted by Crippen LogP contribution is -2.47. The predicted molar refractivity (Wildman–Crippen MR) is 82.9 cm³/mol. The van der Waals surface area contributed by atoms with Gasteiger partial charge in [-0.05, 0) is 43.1 Å². The maximum atomic E-state index is 11.3. The Labute approximate surface area is 126 Å². The highest BCUT2D eigenvalue weighted by atomic mass is 32.2. The predicted octanol–water partition coefficient (Wildman–Crippen LogP) is 1.60. The summed E-state index contributed by atoms with van der Waals surface area (Å²) in [6.45, 7) is 2.71. The van der Waals surface area contributed by atoms with Crippen molar-refractivity contribution in [2.24, 2.45) is 0 Å². The summed E-state index contributed by atoms with van der Waals surface area (Å²) < 4.78 is 31.3. The summed E-state index contributed by atoms with van der Waals surface area (Å²) in [5, 5.41) is 0. The molecule has 3 rings (SSSR count). The second kappa shape index (κ2) is 5.26. The Morgan fingerprint density at radius 3 is 2.62 bits per heavy atom. The Hall–Kier alpha value is -1.11. The molecule has 1 spiro atoms. The van der Waals surface area contributed by atoms with Crippen LogP contribution in [0.3, 0.4) is 0 Å². The lowest BCUT2D eigenvalue weighted by molar-refractivity contribution is -0.0993. The minimum absolute atomic E-state index is 0.0225. The van der Waals surface area contributed by atoms with Crippen LogP contribution in [0.4, 0.5) is 5.69 Å². The summed E-state index contributed by atoms with van der Waals surface area (Å²) in [7, 11) is -1.09. The third kappa shape index (κ3) is 3.39. The Morgan fingerprint density at radius 2 is 1.95 bits per heavy atom. The molecule has 0 unspecified atom stereocenters. The number of sulfonamides is 1. The number of nitrogens with zero attached hydrogens (tertiary/aromatic N) is 1. The quantitative estimate of drug-likeness (QED) is 0.901. The first kappa shape index (κ1) is 14.8. The number of hydrogen-bond donors (Lipinski definition) is 1. The molecule has 1 N–H and O–H groups in total. The smallest absolute Gasteiger partial charge is 0.229 e. The van der Waals surface area contributed by atoms with Gasteiger partial charge in [0.1, 0.15) is 0 Å². The maximum Gasteiger partial charge on any atom is 0.229 e. The van der Waals surface area contributed by atoms with Crippen LogP contribution in [0.25, 0.3) is 0 Å². The molecule has 2 aliphatic rings. The van der Waals surface area contributed by atoms with Gasteiger partial charge in [-0.25, -0.2) is 8.42 Å². The van der Waals surface area contributed by atoms with Gasteiger partial charge in [-0.3, -0.25) is 4.72 Å². The number of nitrogens with one attached hydrogen (secondary N) is 1. The van der Waals surface area contributed by atoms with Crippen molar-refractivity contribution in [3.05, 3.63) is 29.3 Å². The average molecular weight is 310 g/mol. The highest BCUT2D eigenvalue weighted by Gasteiger charge is 2.38. The standard InChI is InChI=1S/C15H22N2O3S/c1-17-7-5-15(6-8-17)10-12-3-4-14(16-21(2,18)19)9-13(12)11-20-15/h3-4,9,16H,5-8,10-11H2,1-2H3. The number of hydrogen-bond acceptors (Lipinski definition) is 4. The topological polar surface area (TPSA) is 58.6 Å². The largest absolute Gasteiger partial charge is 0.370 e. The summed E-state index contributed by atoms with van der Waals surface area (Å²) >= 11 is 0. The molecule has 0 bridgehead atoms. The molecule has 116 valence electrons. The summed E-state index contributed by atoms with van der Waals surface area (Å²) in [5.41, 5.74) is 2.96. The number of fused-ring (bicyclic) bond motifs is 1. The van der Waals surface area contributed by atoms with E-state index in [2.05, 4.69) is 16.7 Å². The monoisotopic (exact) mass is 310 g/mol. The Bertz CT molecular complexity index is 634. The van der Waals surface area contributed by atoms with Gasteiger partial charge < -0.3 is 9.64 Å². The second-order valence-electron chi connectivity index (χ2n) is 6.31. The van der Waals surface area contributed by atoms with Crippen molar-refractivity contribution in [2.45, 2.75) is 31.5 Å². The van der Waals surface area contributed by atoms with Gasteiger partial charge in [-0.1, -0.05) is 6.07 Å². The summed E-state index contributed by atoms with van der Waals surface area (Å²) in [6.07, 6.45) is 4.21. The molecule has 1 aromatic rings. The Balaban J connectivity index is 1.78. The van der Waals surface area contributed by atoms with Crippen LogP contribution in [-0.4, -0.2) is 45.3 Å². The van der Waals surface area contributed by atoms with Crippen molar-refractivity contribution in [3.8, 4) is 0 Å². The van der Waals surface area contributed by atoms with E-state index in [1.54, 1.807) is 0 Å². The minimum Gasteiger partial charge on any atom is -0.370 e. The third-order valence-electron chi connectivity index (χ3n) is 4.45. The van der Waals surface area contributed by atoms with Crippen LogP contribution >= 0.6 is 0 Å².